The van der Waals surface area contributed by atoms with Crippen molar-refractivity contribution in [3.05, 3.63) is 99.3 Å². The maximum atomic E-state index is 13.9. The maximum absolute atomic E-state index is 13.9. The number of carbonyl (C=O) groups is 2. The molecular formula is C30H27FN4O4. The number of halogens is 1. The number of hydrogen-bond donors (Lipinski definition) is 2. The fraction of sp³-hybridized carbons (Fsp3) is 0.167. The molecule has 8 nitrogen and oxygen atoms in total. The number of nitrogens with one attached hydrogen (secondary N) is 1. The molecule has 5 rings (SSSR count). The van der Waals surface area contributed by atoms with E-state index < -0.39 is 17.6 Å². The summed E-state index contributed by atoms with van der Waals surface area (Å²) in [7, 11) is 1.58. The van der Waals surface area contributed by atoms with Crippen LogP contribution in [0.4, 0.5) is 10.1 Å². The van der Waals surface area contributed by atoms with Gasteiger partial charge in [0.1, 0.15) is 11.6 Å². The van der Waals surface area contributed by atoms with E-state index in [0.717, 1.165) is 39.4 Å². The van der Waals surface area contributed by atoms with Gasteiger partial charge in [-0.1, -0.05) is 24.3 Å². The van der Waals surface area contributed by atoms with Crippen LogP contribution in [0.1, 0.15) is 39.0 Å². The highest BCUT2D eigenvalue weighted by Gasteiger charge is 2.20. The van der Waals surface area contributed by atoms with Gasteiger partial charge in [-0.2, -0.15) is 4.74 Å². The second kappa shape index (κ2) is 9.75. The van der Waals surface area contributed by atoms with E-state index in [2.05, 4.69) is 9.88 Å². The van der Waals surface area contributed by atoms with Crippen molar-refractivity contribution >= 4 is 28.4 Å². The number of nitrogens with zero attached hydrogens (tertiary/aromatic N) is 2. The minimum absolute atomic E-state index is 0.196. The van der Waals surface area contributed by atoms with Crippen LogP contribution in [0.3, 0.4) is 0 Å². The molecule has 0 aliphatic heterocycles. The Labute approximate surface area is 223 Å². The van der Waals surface area contributed by atoms with Gasteiger partial charge in [0, 0.05) is 30.4 Å². The molecule has 5 aromatic rings. The van der Waals surface area contributed by atoms with Gasteiger partial charge in [-0.25, -0.2) is 4.39 Å². The highest BCUT2D eigenvalue weighted by molar-refractivity contribution is 6.13. The van der Waals surface area contributed by atoms with Crippen LogP contribution >= 0.6 is 0 Å². The van der Waals surface area contributed by atoms with Crippen LogP contribution in [-0.4, -0.2) is 21.1 Å². The van der Waals surface area contributed by atoms with E-state index >= 15 is 0 Å². The van der Waals surface area contributed by atoms with Crippen LogP contribution in [0.2, 0.25) is 0 Å². The summed E-state index contributed by atoms with van der Waals surface area (Å²) in [6.07, 6.45) is 0. The zero-order valence-corrected chi connectivity index (χ0v) is 22.0. The third-order valence-corrected chi connectivity index (χ3v) is 6.78. The molecule has 2 aromatic heterocycles. The minimum atomic E-state index is -0.916. The lowest BCUT2D eigenvalue weighted by Gasteiger charge is -2.13. The van der Waals surface area contributed by atoms with Crippen LogP contribution in [0.25, 0.3) is 33.3 Å². The monoisotopic (exact) mass is 526 g/mol. The zero-order valence-electron chi connectivity index (χ0n) is 22.0. The third kappa shape index (κ3) is 4.52. The lowest BCUT2D eigenvalue weighted by atomic mass is 10.0. The van der Waals surface area contributed by atoms with E-state index in [1.54, 1.807) is 20.0 Å². The summed E-state index contributed by atoms with van der Waals surface area (Å²) in [4.78, 5) is 37.5. The van der Waals surface area contributed by atoms with E-state index in [1.807, 2.05) is 50.2 Å². The molecule has 0 saturated carbocycles. The Bertz CT molecular complexity index is 1830. The molecule has 0 aliphatic rings. The Hall–Kier alpha value is -4.92. The quantitative estimate of drug-likeness (QED) is 0.309. The van der Waals surface area contributed by atoms with Crippen LogP contribution in [0.5, 0.6) is 0 Å². The van der Waals surface area contributed by atoms with Crippen molar-refractivity contribution in [1.82, 2.24) is 9.31 Å². The summed E-state index contributed by atoms with van der Waals surface area (Å²) in [5.74, 6) is -1.52. The highest BCUT2D eigenvalue weighted by atomic mass is 19.1. The second-order valence-corrected chi connectivity index (χ2v) is 9.44. The first-order valence-corrected chi connectivity index (χ1v) is 12.4. The highest BCUT2D eigenvalue weighted by Crippen LogP contribution is 2.33. The first-order valence-electron chi connectivity index (χ1n) is 12.4. The van der Waals surface area contributed by atoms with Crippen LogP contribution in [0.15, 0.2) is 70.0 Å². The summed E-state index contributed by atoms with van der Waals surface area (Å²) >= 11 is 0. The largest absolute Gasteiger partial charge is 0.381 e. The molecule has 9 heteroatoms. The molecule has 0 saturated heterocycles. The number of benzene rings is 3. The number of fused-ring (bicyclic) bond motifs is 1. The molecular weight excluding hydrogens is 499 g/mol. The molecule has 0 bridgehead atoms. The Morgan fingerprint density at radius 2 is 1.67 bits per heavy atom. The van der Waals surface area contributed by atoms with Crippen molar-refractivity contribution in [1.29, 1.82) is 0 Å². The Morgan fingerprint density at radius 1 is 0.974 bits per heavy atom. The molecule has 0 atom stereocenters. The normalized spacial score (nSPS) is 11.2. The van der Waals surface area contributed by atoms with Gasteiger partial charge < -0.3 is 20.1 Å². The van der Waals surface area contributed by atoms with Crippen LogP contribution in [0, 0.1) is 19.7 Å². The number of aromatic nitrogens is 2. The molecule has 0 fully saturated rings. The Kier molecular flexibility index (Phi) is 6.43. The van der Waals surface area contributed by atoms with Crippen molar-refractivity contribution < 1.29 is 18.5 Å². The van der Waals surface area contributed by atoms with Gasteiger partial charge in [-0.3, -0.25) is 14.4 Å². The average Bonchev–Trinajstić information content (AvgIpc) is 3.39. The van der Waals surface area contributed by atoms with Crippen molar-refractivity contribution in [2.24, 2.45) is 12.8 Å². The van der Waals surface area contributed by atoms with E-state index in [0.29, 0.717) is 23.4 Å². The van der Waals surface area contributed by atoms with E-state index in [4.69, 9.17) is 10.3 Å². The molecule has 198 valence electrons. The molecule has 3 N–H and O–H groups in total. The van der Waals surface area contributed by atoms with Gasteiger partial charge >= 0.3 is 0 Å². The van der Waals surface area contributed by atoms with E-state index in [9.17, 15) is 18.8 Å². The molecule has 39 heavy (non-hydrogen) atoms. The molecule has 2 heterocycles. The predicted molar refractivity (Wildman–Crippen MR) is 148 cm³/mol. The first-order chi connectivity index (χ1) is 18.6. The average molecular weight is 527 g/mol. The summed E-state index contributed by atoms with van der Waals surface area (Å²) in [6, 6.07) is 17.2. The van der Waals surface area contributed by atoms with Crippen molar-refractivity contribution in [2.75, 3.05) is 5.32 Å². The Morgan fingerprint density at radius 3 is 2.28 bits per heavy atom. The number of nitrogens with two attached hydrogens (primary N) is 1. The third-order valence-electron chi connectivity index (χ3n) is 6.78. The van der Waals surface area contributed by atoms with E-state index in [-0.39, 0.29) is 16.8 Å². The van der Waals surface area contributed by atoms with Crippen molar-refractivity contribution in [3.63, 3.8) is 0 Å². The van der Waals surface area contributed by atoms with Gasteiger partial charge in [-0.15, -0.1) is 0 Å². The summed E-state index contributed by atoms with van der Waals surface area (Å²) < 4.78 is 22.6. The van der Waals surface area contributed by atoms with Crippen molar-refractivity contribution in [3.8, 4) is 22.4 Å². The molecule has 0 spiro atoms. The van der Waals surface area contributed by atoms with Gasteiger partial charge in [0.05, 0.1) is 22.2 Å². The summed E-state index contributed by atoms with van der Waals surface area (Å²) in [5, 5.41) is 3.66. The lowest BCUT2D eigenvalue weighted by molar-refractivity contribution is 0.0992. The Balaban J connectivity index is 1.57. The first kappa shape index (κ1) is 25.7. The number of carbonyl (C=O) groups excluding carboxylic acids is 2. The van der Waals surface area contributed by atoms with Crippen LogP contribution in [-0.2, 0) is 13.6 Å². The lowest BCUT2D eigenvalue weighted by Crippen LogP contribution is -2.17. The molecule has 3 aromatic carbocycles. The smallest absolute Gasteiger partial charge is 0.290 e. The number of hydrogen-bond acceptors (Lipinski definition) is 4. The summed E-state index contributed by atoms with van der Waals surface area (Å²) in [6.45, 7) is 6.25. The summed E-state index contributed by atoms with van der Waals surface area (Å²) in [5.41, 5.74) is 10.2. The molecule has 0 aliphatic carbocycles. The molecule has 0 radical (unpaired) electrons. The molecule has 2 amide bonds. The molecule has 0 unspecified atom stereocenters. The van der Waals surface area contributed by atoms with Crippen molar-refractivity contribution in [2.45, 2.75) is 27.3 Å². The zero-order chi connectivity index (χ0) is 28.0. The fourth-order valence-corrected chi connectivity index (χ4v) is 5.03. The van der Waals surface area contributed by atoms with Gasteiger partial charge in [0.25, 0.3) is 17.4 Å². The number of primary amides is 1. The second-order valence-electron chi connectivity index (χ2n) is 9.44. The van der Waals surface area contributed by atoms with Gasteiger partial charge in [0.2, 0.25) is 0 Å². The standard InChI is InChI=1S/C30H27FN4O4/c1-5-35-25(18-6-8-19(9-7-18)26-17(3)39-34(4)30(26)38)14-20-12-16(2)13-23(27(20)35)29(37)33-21-10-11-24(31)22(15-21)28(32)36/h6-15H,5H2,1-4H3,(H2,32,36)(H,33,37). The number of rotatable bonds is 6. The fourth-order valence-electron chi connectivity index (χ4n) is 5.03. The van der Waals surface area contributed by atoms with Gasteiger partial charge in [0.15, 0.2) is 0 Å². The number of anilines is 1. The number of aryl methyl sites for hydroxylation is 4. The number of amides is 2. The minimum Gasteiger partial charge on any atom is -0.381 e. The van der Waals surface area contributed by atoms with Gasteiger partial charge in [-0.05, 0) is 73.9 Å². The van der Waals surface area contributed by atoms with Crippen LogP contribution < -0.4 is 16.6 Å². The predicted octanol–water partition coefficient (Wildman–Crippen LogP) is 5.39. The maximum Gasteiger partial charge on any atom is 0.290 e. The SMILES string of the molecule is CCn1c(-c2ccc(-c3c(C)on(C)c3=O)cc2)cc2cc(C)cc(C(=O)Nc3ccc(F)c(C(N)=O)c3)c21. The van der Waals surface area contributed by atoms with E-state index in [1.165, 1.54) is 16.9 Å². The topological polar surface area (TPSA) is 112 Å².